The number of hydrogen-bond acceptors (Lipinski definition) is 16. The summed E-state index contributed by atoms with van der Waals surface area (Å²) < 4.78 is 33.8. The zero-order valence-electron chi connectivity index (χ0n) is 57.7. The molecule has 1 saturated heterocycles. The van der Waals surface area contributed by atoms with E-state index in [1.54, 1.807) is 109 Å². The minimum Gasteiger partial charge on any atom is -0.445 e. The topological polar surface area (TPSA) is 337 Å². The third-order valence-corrected chi connectivity index (χ3v) is 16.9. The van der Waals surface area contributed by atoms with Crippen molar-refractivity contribution in [1.82, 2.24) is 41.3 Å². The lowest BCUT2D eigenvalue weighted by molar-refractivity contribution is -0.148. The monoisotopic (exact) mass is 1320 g/mol. The smallest absolute Gasteiger partial charge is 0.410 e. The number of likely N-dealkylation sites (tertiary alicyclic amines) is 1. The molecule has 26 nitrogen and oxygen atoms in total. The quantitative estimate of drug-likeness (QED) is 0.0331. The van der Waals surface area contributed by atoms with Crippen LogP contribution < -0.4 is 37.6 Å². The minimum absolute atomic E-state index is 0.0340. The fraction of sp³-hybridized carbons (Fsp3) is 0.662. The number of nitrogens with two attached hydrogens (primary N) is 1. The van der Waals surface area contributed by atoms with Gasteiger partial charge < -0.3 is 81.0 Å². The van der Waals surface area contributed by atoms with Crippen LogP contribution in [0.1, 0.15) is 131 Å². The second kappa shape index (κ2) is 42.1. The third-order valence-electron chi connectivity index (χ3n) is 16.9. The lowest BCUT2D eigenvalue weighted by atomic mass is 9.89. The molecule has 1 aliphatic heterocycles. The number of rotatable bonds is 42. The Morgan fingerprint density at radius 3 is 1.94 bits per heavy atom. The number of aliphatic hydroxyl groups excluding tert-OH is 1. The van der Waals surface area contributed by atoms with Gasteiger partial charge in [-0.3, -0.25) is 38.5 Å². The van der Waals surface area contributed by atoms with Gasteiger partial charge in [-0.15, -0.1) is 6.42 Å². The zero-order valence-corrected chi connectivity index (χ0v) is 57.7. The first-order valence-corrected chi connectivity index (χ1v) is 32.7. The molecule has 1 aliphatic rings. The minimum atomic E-state index is -1.10. The molecule has 9 N–H and O–H groups in total. The number of nitrogens with zero attached hydrogens (tertiary/aromatic N) is 3. The summed E-state index contributed by atoms with van der Waals surface area (Å²) in [7, 11) is 6.09. The fourth-order valence-electron chi connectivity index (χ4n) is 11.4. The number of hydrogen-bond donors (Lipinski definition) is 8. The summed E-state index contributed by atoms with van der Waals surface area (Å²) in [5, 5.41) is 27.6. The van der Waals surface area contributed by atoms with E-state index >= 15 is 0 Å². The number of terminal acetylenes is 1. The number of benzene rings is 2. The zero-order chi connectivity index (χ0) is 70.2. The number of methoxy groups -OCH3 is 2. The van der Waals surface area contributed by atoms with E-state index in [0.29, 0.717) is 55.8 Å². The van der Waals surface area contributed by atoms with Gasteiger partial charge >= 0.3 is 12.1 Å². The van der Waals surface area contributed by atoms with E-state index < -0.39 is 120 Å². The molecule has 0 aliphatic carbocycles. The SMILES string of the molecule is C#CCOCCOCCOCCC(=O)N[C@H](C(=O)N[C@@H](CCCNC(N)=O)C(=O)Nc1ccc(COC(=O)N(C)[C@H](C(=O)N[C@H](C(=O)N(C)C([C@@H](C)CC)[C@@H](CC(=O)N2CCC[C@H]2[C@H](OC)[C@@H](C)C(=O)N[C@H](C)[C@@H](O)c2ccccc2)OC)C(C)C)C(C)C)cc1)C(C)C. The molecule has 1 fully saturated rings. The molecule has 2 aromatic carbocycles. The summed E-state index contributed by atoms with van der Waals surface area (Å²) >= 11 is 0. The lowest BCUT2D eigenvalue weighted by Gasteiger charge is -2.41. The van der Waals surface area contributed by atoms with Gasteiger partial charge in [-0.2, -0.15) is 0 Å². The highest BCUT2D eigenvalue weighted by Crippen LogP contribution is 2.30. The van der Waals surface area contributed by atoms with Crippen LogP contribution in [-0.4, -0.2) is 209 Å². The van der Waals surface area contributed by atoms with Crippen molar-refractivity contribution in [2.24, 2.45) is 35.3 Å². The van der Waals surface area contributed by atoms with Crippen LogP contribution in [0.25, 0.3) is 0 Å². The molecule has 0 aromatic heterocycles. The van der Waals surface area contributed by atoms with Crippen LogP contribution in [0.4, 0.5) is 15.3 Å². The Hall–Kier alpha value is -7.41. The molecular formula is C68H108N10O16. The molecule has 26 heteroatoms. The standard InChI is InChI=1S/C68H108N10O16/c1-16-34-91-36-38-93-39-37-92-35-31-54(79)74-56(42(3)4)64(84)73-51(25-21-32-70-67(69)87)63(83)72-50-29-27-48(28-30-50)41-94-68(88)77(13)58(44(7)8)65(85)75-57(43(5)6)66(86)76(12)59(45(9)17-2)53(89-14)40-55(80)78-33-22-26-52(78)61(90-15)46(10)62(82)71-47(11)60(81)49-23-19-18-20-24-49/h1,18-20,23-24,27-30,42-47,51-53,56-61,81H,17,21-22,25-26,31-41H2,2-15H3,(H,71,82)(H,72,83)(H,73,84)(H,74,79)(H,75,85)(H3,69,70,87)/t45-,46+,47+,51-,52-,53+,56-,57-,58-,59?,60+,61+/m0/s1. The van der Waals surface area contributed by atoms with Crippen molar-refractivity contribution in [3.05, 3.63) is 65.7 Å². The van der Waals surface area contributed by atoms with Gasteiger partial charge in [0.1, 0.15) is 37.4 Å². The van der Waals surface area contributed by atoms with Crippen molar-refractivity contribution in [1.29, 1.82) is 0 Å². The molecule has 94 heavy (non-hydrogen) atoms. The molecule has 2 aromatic rings. The van der Waals surface area contributed by atoms with Crippen LogP contribution in [0.15, 0.2) is 54.6 Å². The summed E-state index contributed by atoms with van der Waals surface area (Å²) in [5.74, 6) is -2.91. The van der Waals surface area contributed by atoms with Crippen molar-refractivity contribution in [2.75, 3.05) is 86.4 Å². The number of urea groups is 1. The van der Waals surface area contributed by atoms with Gasteiger partial charge in [0.25, 0.3) is 0 Å². The van der Waals surface area contributed by atoms with E-state index in [1.807, 2.05) is 32.0 Å². The number of amides is 10. The normalized spacial score (nSPS) is 16.6. The Morgan fingerprint density at radius 1 is 0.734 bits per heavy atom. The maximum atomic E-state index is 14.8. The summed E-state index contributed by atoms with van der Waals surface area (Å²) in [5.41, 5.74) is 6.79. The van der Waals surface area contributed by atoms with E-state index in [1.165, 1.54) is 26.2 Å². The highest BCUT2D eigenvalue weighted by atomic mass is 16.6. The van der Waals surface area contributed by atoms with E-state index in [0.717, 1.165) is 0 Å². The van der Waals surface area contributed by atoms with E-state index in [4.69, 9.17) is 40.6 Å². The molecule has 1 unspecified atom stereocenters. The van der Waals surface area contributed by atoms with Gasteiger partial charge in [-0.25, -0.2) is 9.59 Å². The second-order valence-corrected chi connectivity index (χ2v) is 25.0. The van der Waals surface area contributed by atoms with Gasteiger partial charge in [0, 0.05) is 53.5 Å². The van der Waals surface area contributed by atoms with E-state index in [-0.39, 0.29) is 88.9 Å². The van der Waals surface area contributed by atoms with Crippen LogP contribution in [0.5, 0.6) is 0 Å². The lowest BCUT2D eigenvalue weighted by Crippen LogP contribution is -2.60. The van der Waals surface area contributed by atoms with E-state index in [9.17, 15) is 48.3 Å². The largest absolute Gasteiger partial charge is 0.445 e. The molecule has 12 atom stereocenters. The third kappa shape index (κ3) is 26.1. The van der Waals surface area contributed by atoms with E-state index in [2.05, 4.69) is 37.8 Å². The Bertz CT molecular complexity index is 2730. The van der Waals surface area contributed by atoms with Crippen LogP contribution >= 0.6 is 0 Å². The molecule has 526 valence electrons. The molecule has 3 rings (SSSR count). The maximum Gasteiger partial charge on any atom is 0.410 e. The molecule has 0 spiro atoms. The van der Waals surface area contributed by atoms with Crippen molar-refractivity contribution in [3.8, 4) is 12.3 Å². The number of likely N-dealkylation sites (N-methyl/N-ethyl adjacent to an activating group) is 2. The predicted octanol–water partition coefficient (Wildman–Crippen LogP) is 4.66. The Labute approximate surface area is 556 Å². The fourth-order valence-corrected chi connectivity index (χ4v) is 11.4. The van der Waals surface area contributed by atoms with Gasteiger partial charge in [0.05, 0.1) is 81.8 Å². The average Bonchev–Trinajstić information content (AvgIpc) is 1.93. The number of carbonyl (C=O) groups excluding carboxylic acids is 9. The van der Waals surface area contributed by atoms with Gasteiger partial charge in [0.2, 0.25) is 41.4 Å². The van der Waals surface area contributed by atoms with Crippen LogP contribution in [0.3, 0.4) is 0 Å². The Morgan fingerprint density at radius 2 is 1.36 bits per heavy atom. The molecule has 1 heterocycles. The molecular weight excluding hydrogens is 1210 g/mol. The van der Waals surface area contributed by atoms with Crippen molar-refractivity contribution in [3.63, 3.8) is 0 Å². The number of aliphatic hydroxyl groups is 1. The first-order chi connectivity index (χ1) is 44.6. The first-order valence-electron chi connectivity index (χ1n) is 32.7. The molecule has 0 radical (unpaired) electrons. The second-order valence-electron chi connectivity index (χ2n) is 25.0. The van der Waals surface area contributed by atoms with Gasteiger partial charge in [-0.1, -0.05) is 117 Å². The number of ether oxygens (including phenoxy) is 6. The van der Waals surface area contributed by atoms with Crippen LogP contribution in [-0.2, 0) is 68.6 Å². The maximum absolute atomic E-state index is 14.8. The summed E-state index contributed by atoms with van der Waals surface area (Å²) in [4.78, 5) is 127. The van der Waals surface area contributed by atoms with Crippen molar-refractivity contribution >= 4 is 59.2 Å². The number of primary amides is 1. The number of anilines is 1. The highest BCUT2D eigenvalue weighted by Gasteiger charge is 2.44. The van der Waals surface area contributed by atoms with Gasteiger partial charge in [-0.05, 0) is 79.5 Å². The number of nitrogens with one attached hydrogen (secondary N) is 6. The molecule has 0 saturated carbocycles. The van der Waals surface area contributed by atoms with Crippen LogP contribution in [0, 0.1) is 41.9 Å². The van der Waals surface area contributed by atoms with Crippen molar-refractivity contribution < 1.29 is 76.7 Å². The van der Waals surface area contributed by atoms with Crippen LogP contribution in [0.2, 0.25) is 0 Å². The molecule has 0 bridgehead atoms. The summed E-state index contributed by atoms with van der Waals surface area (Å²) in [6.45, 7) is 19.9. The highest BCUT2D eigenvalue weighted by molar-refractivity contribution is 5.98. The summed E-state index contributed by atoms with van der Waals surface area (Å²) in [6, 6.07) is 8.80. The average molecular weight is 1320 g/mol. The number of carbonyl (C=O) groups is 9. The van der Waals surface area contributed by atoms with Crippen molar-refractivity contribution in [2.45, 2.75) is 181 Å². The molecule has 10 amide bonds. The summed E-state index contributed by atoms with van der Waals surface area (Å²) in [6.07, 6.45) is 4.08. The predicted molar refractivity (Wildman–Crippen MR) is 355 cm³/mol. The Kier molecular flexibility index (Phi) is 36.2. The first kappa shape index (κ1) is 80.8. The van der Waals surface area contributed by atoms with Gasteiger partial charge in [0.15, 0.2) is 0 Å². The Balaban J connectivity index is 1.67.